The highest BCUT2D eigenvalue weighted by Crippen LogP contribution is 2.42. The second-order valence-corrected chi connectivity index (χ2v) is 13.4. The van der Waals surface area contributed by atoms with E-state index in [-0.39, 0.29) is 0 Å². The van der Waals surface area contributed by atoms with E-state index in [9.17, 15) is 0 Å². The first kappa shape index (κ1) is 30.0. The highest BCUT2D eigenvalue weighted by Gasteiger charge is 2.18. The van der Waals surface area contributed by atoms with Gasteiger partial charge in [0.15, 0.2) is 0 Å². The number of fused-ring (bicyclic) bond motifs is 6. The maximum atomic E-state index is 2.42. The number of rotatable bonds is 6. The van der Waals surface area contributed by atoms with E-state index in [1.54, 1.807) is 0 Å². The first-order valence-electron chi connectivity index (χ1n) is 17.8. The molecule has 52 heavy (non-hydrogen) atoms. The van der Waals surface area contributed by atoms with Gasteiger partial charge in [-0.05, 0) is 99.1 Å². The summed E-state index contributed by atoms with van der Waals surface area (Å²) >= 11 is 0. The van der Waals surface area contributed by atoms with Crippen molar-refractivity contribution < 1.29 is 0 Å². The fourth-order valence-corrected chi connectivity index (χ4v) is 7.83. The molecule has 10 rings (SSSR count). The minimum absolute atomic E-state index is 1.11. The van der Waals surface area contributed by atoms with E-state index < -0.39 is 0 Å². The maximum absolute atomic E-state index is 2.42. The lowest BCUT2D eigenvalue weighted by Gasteiger charge is -2.27. The Morgan fingerprint density at radius 2 is 0.904 bits per heavy atom. The van der Waals surface area contributed by atoms with Crippen LogP contribution in [0, 0.1) is 0 Å². The minimum atomic E-state index is 1.11. The maximum Gasteiger partial charge on any atom is 0.0619 e. The third kappa shape index (κ3) is 5.12. The van der Waals surface area contributed by atoms with Crippen molar-refractivity contribution in [3.8, 4) is 27.9 Å². The molecule has 2 heteroatoms. The Hall–Kier alpha value is -6.90. The molecule has 0 atom stereocenters. The van der Waals surface area contributed by atoms with Crippen molar-refractivity contribution in [1.29, 1.82) is 0 Å². The third-order valence-electron chi connectivity index (χ3n) is 10.3. The molecule has 0 fully saturated rings. The van der Waals surface area contributed by atoms with E-state index in [4.69, 9.17) is 0 Å². The molecule has 0 unspecified atom stereocenters. The molecule has 0 aliphatic carbocycles. The summed E-state index contributed by atoms with van der Waals surface area (Å²) in [6, 6.07) is 74.7. The van der Waals surface area contributed by atoms with Crippen LogP contribution >= 0.6 is 0 Å². The summed E-state index contributed by atoms with van der Waals surface area (Å²) in [4.78, 5) is 2.38. The first-order chi connectivity index (χ1) is 25.8. The van der Waals surface area contributed by atoms with E-state index in [1.165, 1.54) is 65.6 Å². The quantitative estimate of drug-likeness (QED) is 0.172. The second kappa shape index (κ2) is 12.5. The van der Waals surface area contributed by atoms with Crippen LogP contribution in [0.5, 0.6) is 0 Å². The summed E-state index contributed by atoms with van der Waals surface area (Å²) < 4.78 is 2.42. The molecular formula is C50H34N2. The number of para-hydroxylation sites is 2. The zero-order chi connectivity index (χ0) is 34.4. The van der Waals surface area contributed by atoms with Crippen molar-refractivity contribution in [2.75, 3.05) is 4.90 Å². The van der Waals surface area contributed by atoms with Crippen LogP contribution < -0.4 is 4.90 Å². The van der Waals surface area contributed by atoms with E-state index in [1.807, 2.05) is 0 Å². The summed E-state index contributed by atoms with van der Waals surface area (Å²) in [6.45, 7) is 0. The molecule has 0 bridgehead atoms. The Labute approximate surface area is 303 Å². The third-order valence-corrected chi connectivity index (χ3v) is 10.3. The van der Waals surface area contributed by atoms with E-state index in [0.29, 0.717) is 0 Å². The predicted octanol–water partition coefficient (Wildman–Crippen LogP) is 13.9. The van der Waals surface area contributed by atoms with Gasteiger partial charge in [0.1, 0.15) is 0 Å². The number of nitrogens with zero attached hydrogens (tertiary/aromatic N) is 2. The molecule has 2 nitrogen and oxygen atoms in total. The average molecular weight is 663 g/mol. The van der Waals surface area contributed by atoms with Crippen molar-refractivity contribution in [3.05, 3.63) is 206 Å². The molecule has 9 aromatic carbocycles. The SMILES string of the molecule is c1ccc(-c2cccc(N(c3ccc(-c4ccc5ccccc5c4)cc3)c3ccc4c(ccc5c6ccccc6n(-c6ccccc6)c45)c3)c2)cc1. The van der Waals surface area contributed by atoms with Gasteiger partial charge in [-0.15, -0.1) is 0 Å². The van der Waals surface area contributed by atoms with Gasteiger partial charge in [0.25, 0.3) is 0 Å². The fourth-order valence-electron chi connectivity index (χ4n) is 7.83. The fraction of sp³-hybridized carbons (Fsp3) is 0. The lowest BCUT2D eigenvalue weighted by molar-refractivity contribution is 1.19. The van der Waals surface area contributed by atoms with Crippen LogP contribution in [0.15, 0.2) is 206 Å². The highest BCUT2D eigenvalue weighted by atomic mass is 15.1. The minimum Gasteiger partial charge on any atom is -0.310 e. The molecule has 0 aliphatic heterocycles. The van der Waals surface area contributed by atoms with Crippen LogP contribution in [0.1, 0.15) is 0 Å². The van der Waals surface area contributed by atoms with Crippen LogP contribution in [0.3, 0.4) is 0 Å². The van der Waals surface area contributed by atoms with Crippen LogP contribution in [0.25, 0.3) is 71.3 Å². The molecular weight excluding hydrogens is 629 g/mol. The van der Waals surface area contributed by atoms with E-state index in [2.05, 4.69) is 216 Å². The van der Waals surface area contributed by atoms with E-state index in [0.717, 1.165) is 22.7 Å². The molecule has 1 aromatic heterocycles. The topological polar surface area (TPSA) is 8.17 Å². The molecule has 0 aliphatic rings. The molecule has 0 saturated heterocycles. The van der Waals surface area contributed by atoms with Crippen molar-refractivity contribution in [1.82, 2.24) is 4.57 Å². The van der Waals surface area contributed by atoms with Crippen molar-refractivity contribution in [3.63, 3.8) is 0 Å². The zero-order valence-electron chi connectivity index (χ0n) is 28.5. The Morgan fingerprint density at radius 1 is 0.308 bits per heavy atom. The van der Waals surface area contributed by atoms with Gasteiger partial charge in [-0.1, -0.05) is 146 Å². The summed E-state index contributed by atoms with van der Waals surface area (Å²) in [5, 5.41) is 7.45. The van der Waals surface area contributed by atoms with Gasteiger partial charge >= 0.3 is 0 Å². The first-order valence-corrected chi connectivity index (χ1v) is 17.8. The Morgan fingerprint density at radius 3 is 1.75 bits per heavy atom. The van der Waals surface area contributed by atoms with Gasteiger partial charge in [-0.2, -0.15) is 0 Å². The number of hydrogen-bond acceptors (Lipinski definition) is 1. The van der Waals surface area contributed by atoms with Gasteiger partial charge in [0.2, 0.25) is 0 Å². The number of hydrogen-bond donors (Lipinski definition) is 0. The Kier molecular flexibility index (Phi) is 7.18. The predicted molar refractivity (Wildman–Crippen MR) is 221 cm³/mol. The highest BCUT2D eigenvalue weighted by molar-refractivity contribution is 6.19. The lowest BCUT2D eigenvalue weighted by Crippen LogP contribution is -2.10. The summed E-state index contributed by atoms with van der Waals surface area (Å²) in [7, 11) is 0. The normalized spacial score (nSPS) is 11.5. The van der Waals surface area contributed by atoms with Gasteiger partial charge in [-0.3, -0.25) is 0 Å². The second-order valence-electron chi connectivity index (χ2n) is 13.4. The molecule has 0 amide bonds. The summed E-state index contributed by atoms with van der Waals surface area (Å²) in [5.74, 6) is 0. The molecule has 0 radical (unpaired) electrons. The Bertz CT molecular complexity index is 2890. The van der Waals surface area contributed by atoms with Gasteiger partial charge < -0.3 is 9.47 Å². The Balaban J connectivity index is 1.14. The molecule has 0 spiro atoms. The zero-order valence-corrected chi connectivity index (χ0v) is 28.5. The number of benzene rings is 9. The monoisotopic (exact) mass is 662 g/mol. The van der Waals surface area contributed by atoms with Crippen molar-refractivity contribution >= 4 is 60.4 Å². The molecule has 0 saturated carbocycles. The van der Waals surface area contributed by atoms with Crippen LogP contribution in [-0.4, -0.2) is 4.57 Å². The standard InChI is InChI=1S/C50H34N2/c1-3-12-35(13-4-1)39-16-11-19-44(33-39)51(43-27-24-37(25-28-43)40-23-22-36-14-7-8-15-38(36)32-40)45-29-31-46-41(34-45)26-30-48-47-20-9-10-21-49(47)52(50(46)48)42-17-5-2-6-18-42/h1-34H. The molecule has 0 N–H and O–H groups in total. The lowest BCUT2D eigenvalue weighted by atomic mass is 10.00. The van der Waals surface area contributed by atoms with Crippen molar-refractivity contribution in [2.24, 2.45) is 0 Å². The summed E-state index contributed by atoms with van der Waals surface area (Å²) in [6.07, 6.45) is 0. The molecule has 244 valence electrons. The van der Waals surface area contributed by atoms with E-state index >= 15 is 0 Å². The molecule has 1 heterocycles. The average Bonchev–Trinajstić information content (AvgIpc) is 3.56. The smallest absolute Gasteiger partial charge is 0.0619 e. The van der Waals surface area contributed by atoms with Crippen LogP contribution in [0.4, 0.5) is 17.1 Å². The molecule has 10 aromatic rings. The number of anilines is 3. The van der Waals surface area contributed by atoms with Crippen molar-refractivity contribution in [2.45, 2.75) is 0 Å². The van der Waals surface area contributed by atoms with Gasteiger partial charge in [-0.25, -0.2) is 0 Å². The summed E-state index contributed by atoms with van der Waals surface area (Å²) in [5.41, 5.74) is 11.7. The van der Waals surface area contributed by atoms with Crippen LogP contribution in [-0.2, 0) is 0 Å². The number of aromatic nitrogens is 1. The van der Waals surface area contributed by atoms with Crippen LogP contribution in [0.2, 0.25) is 0 Å². The largest absolute Gasteiger partial charge is 0.310 e. The van der Waals surface area contributed by atoms with Gasteiger partial charge in [0, 0.05) is 38.9 Å². The van der Waals surface area contributed by atoms with Gasteiger partial charge in [0.05, 0.1) is 11.0 Å².